The Morgan fingerprint density at radius 3 is 2.40 bits per heavy atom. The molecule has 0 saturated heterocycles. The van der Waals surface area contributed by atoms with E-state index in [2.05, 4.69) is 5.32 Å². The highest BCUT2D eigenvalue weighted by Crippen LogP contribution is 2.12. The first kappa shape index (κ1) is 16.7. The van der Waals surface area contributed by atoms with Crippen molar-refractivity contribution in [1.82, 2.24) is 5.32 Å². The highest BCUT2D eigenvalue weighted by Gasteiger charge is 2.25. The molecule has 2 unspecified atom stereocenters. The third-order valence-corrected chi connectivity index (χ3v) is 2.70. The summed E-state index contributed by atoms with van der Waals surface area (Å²) in [6.45, 7) is 7.10. The molecule has 20 heavy (non-hydrogen) atoms. The first-order chi connectivity index (χ1) is 9.28. The van der Waals surface area contributed by atoms with Crippen molar-refractivity contribution in [2.45, 2.75) is 58.4 Å². The van der Waals surface area contributed by atoms with Gasteiger partial charge in [0.2, 0.25) is 0 Å². The predicted octanol–water partition coefficient (Wildman–Crippen LogP) is 2.26. The molecule has 0 aromatic heterocycles. The summed E-state index contributed by atoms with van der Waals surface area (Å²) in [5.74, 6) is -0.325. The third kappa shape index (κ3) is 6.68. The van der Waals surface area contributed by atoms with E-state index in [1.54, 1.807) is 6.92 Å². The number of benzene rings is 1. The van der Waals surface area contributed by atoms with E-state index in [4.69, 9.17) is 4.74 Å². The van der Waals surface area contributed by atoms with Crippen LogP contribution in [-0.2, 0) is 16.0 Å². The van der Waals surface area contributed by atoms with Crippen molar-refractivity contribution in [3.8, 4) is 0 Å². The van der Waals surface area contributed by atoms with Gasteiger partial charge < -0.3 is 9.84 Å². The second-order valence-corrected chi connectivity index (χ2v) is 5.95. The van der Waals surface area contributed by atoms with Crippen molar-refractivity contribution in [2.24, 2.45) is 0 Å². The number of aliphatic hydroxyl groups is 1. The zero-order valence-corrected chi connectivity index (χ0v) is 12.7. The summed E-state index contributed by atoms with van der Waals surface area (Å²) in [5, 5.41) is 12.3. The van der Waals surface area contributed by atoms with Gasteiger partial charge in [-0.3, -0.25) is 10.1 Å². The molecule has 0 amide bonds. The van der Waals surface area contributed by atoms with Crippen LogP contribution in [0.3, 0.4) is 0 Å². The zero-order chi connectivity index (χ0) is 15.2. The Morgan fingerprint density at radius 2 is 1.90 bits per heavy atom. The van der Waals surface area contributed by atoms with Crippen LogP contribution >= 0.6 is 0 Å². The summed E-state index contributed by atoms with van der Waals surface area (Å²) in [6, 6.07) is 9.45. The van der Waals surface area contributed by atoms with Gasteiger partial charge in [-0.2, -0.15) is 0 Å². The van der Waals surface area contributed by atoms with Crippen LogP contribution in [0.15, 0.2) is 30.3 Å². The van der Waals surface area contributed by atoms with Crippen LogP contribution in [0.1, 0.15) is 39.7 Å². The van der Waals surface area contributed by atoms with Crippen molar-refractivity contribution in [3.63, 3.8) is 0 Å². The number of aryl methyl sites for hydroxylation is 1. The number of aliphatic hydroxyl groups excluding tert-OH is 1. The van der Waals surface area contributed by atoms with E-state index in [1.807, 2.05) is 51.1 Å². The van der Waals surface area contributed by atoms with Crippen LogP contribution < -0.4 is 5.32 Å². The number of nitrogens with one attached hydrogen (secondary N) is 1. The molecule has 2 atom stereocenters. The number of carbonyl (C=O) groups is 1. The number of rotatable bonds is 6. The average molecular weight is 279 g/mol. The van der Waals surface area contributed by atoms with Gasteiger partial charge in [-0.15, -0.1) is 0 Å². The van der Waals surface area contributed by atoms with Gasteiger partial charge in [0.15, 0.2) is 0 Å². The lowest BCUT2D eigenvalue weighted by Crippen LogP contribution is -2.45. The van der Waals surface area contributed by atoms with E-state index >= 15 is 0 Å². The van der Waals surface area contributed by atoms with Gasteiger partial charge >= 0.3 is 5.97 Å². The standard InChI is InChI=1S/C16H25NO3/c1-12(18)17-14(15(19)20-16(2,3)4)11-10-13-8-6-5-7-9-13/h5-9,12,14,17-18H,10-11H2,1-4H3. The monoisotopic (exact) mass is 279 g/mol. The van der Waals surface area contributed by atoms with Gasteiger partial charge in [0.25, 0.3) is 0 Å². The zero-order valence-electron chi connectivity index (χ0n) is 12.7. The second-order valence-electron chi connectivity index (χ2n) is 5.95. The summed E-state index contributed by atoms with van der Waals surface area (Å²) < 4.78 is 5.38. The Bertz CT molecular complexity index is 409. The molecule has 0 aliphatic heterocycles. The van der Waals surface area contributed by atoms with Gasteiger partial charge in [0.05, 0.1) is 0 Å². The molecule has 1 aromatic carbocycles. The fourth-order valence-electron chi connectivity index (χ4n) is 1.89. The topological polar surface area (TPSA) is 58.6 Å². The maximum atomic E-state index is 12.1. The van der Waals surface area contributed by atoms with Gasteiger partial charge in [-0.25, -0.2) is 0 Å². The molecule has 0 fully saturated rings. The lowest BCUT2D eigenvalue weighted by atomic mass is 10.0. The molecule has 112 valence electrons. The van der Waals surface area contributed by atoms with E-state index in [0.29, 0.717) is 6.42 Å². The number of ether oxygens (including phenoxy) is 1. The van der Waals surface area contributed by atoms with E-state index in [-0.39, 0.29) is 5.97 Å². The normalized spacial score (nSPS) is 14.7. The summed E-state index contributed by atoms with van der Waals surface area (Å²) in [4.78, 5) is 12.1. The molecule has 1 rings (SSSR count). The molecule has 0 aliphatic carbocycles. The third-order valence-electron chi connectivity index (χ3n) is 2.70. The summed E-state index contributed by atoms with van der Waals surface area (Å²) in [6.07, 6.45) is 0.595. The van der Waals surface area contributed by atoms with Crippen LogP contribution in [0.25, 0.3) is 0 Å². The lowest BCUT2D eigenvalue weighted by Gasteiger charge is -2.25. The Kier molecular flexibility index (Phi) is 6.17. The number of carbonyl (C=O) groups excluding carboxylic acids is 1. The average Bonchev–Trinajstić information content (AvgIpc) is 2.33. The lowest BCUT2D eigenvalue weighted by molar-refractivity contribution is -0.158. The molecule has 0 heterocycles. The Labute approximate surface area is 121 Å². The second kappa shape index (κ2) is 7.41. The molecule has 4 heteroatoms. The van der Waals surface area contributed by atoms with Gasteiger partial charge in [0, 0.05) is 0 Å². The highest BCUT2D eigenvalue weighted by molar-refractivity contribution is 5.76. The Balaban J connectivity index is 2.62. The molecule has 2 N–H and O–H groups in total. The van der Waals surface area contributed by atoms with Crippen molar-refractivity contribution in [3.05, 3.63) is 35.9 Å². The van der Waals surface area contributed by atoms with Crippen molar-refractivity contribution >= 4 is 5.97 Å². The Hall–Kier alpha value is -1.39. The van der Waals surface area contributed by atoms with Crippen LogP contribution in [-0.4, -0.2) is 28.9 Å². The van der Waals surface area contributed by atoms with Crippen LogP contribution in [0.4, 0.5) is 0 Å². The summed E-state index contributed by atoms with van der Waals surface area (Å²) in [5.41, 5.74) is 0.635. The molecular weight excluding hydrogens is 254 g/mol. The first-order valence-electron chi connectivity index (χ1n) is 6.99. The molecule has 0 spiro atoms. The number of esters is 1. The van der Waals surface area contributed by atoms with Crippen LogP contribution in [0.2, 0.25) is 0 Å². The minimum atomic E-state index is -0.747. The number of hydrogen-bond donors (Lipinski definition) is 2. The molecule has 1 aromatic rings. The molecule has 0 aliphatic rings. The van der Waals surface area contributed by atoms with Crippen LogP contribution in [0, 0.1) is 0 Å². The molecule has 0 bridgehead atoms. The minimum Gasteiger partial charge on any atom is -0.459 e. The van der Waals surface area contributed by atoms with E-state index in [9.17, 15) is 9.90 Å². The molecule has 0 radical (unpaired) electrons. The summed E-state index contributed by atoms with van der Waals surface area (Å²) in [7, 11) is 0. The number of hydrogen-bond acceptors (Lipinski definition) is 4. The quantitative estimate of drug-likeness (QED) is 0.619. The van der Waals surface area contributed by atoms with Crippen molar-refractivity contribution in [1.29, 1.82) is 0 Å². The summed E-state index contributed by atoms with van der Waals surface area (Å²) >= 11 is 0. The molecular formula is C16H25NO3. The first-order valence-corrected chi connectivity index (χ1v) is 6.99. The fraction of sp³-hybridized carbons (Fsp3) is 0.562. The Morgan fingerprint density at radius 1 is 1.30 bits per heavy atom. The fourth-order valence-corrected chi connectivity index (χ4v) is 1.89. The van der Waals surface area contributed by atoms with Crippen molar-refractivity contribution in [2.75, 3.05) is 0 Å². The van der Waals surface area contributed by atoms with E-state index < -0.39 is 17.9 Å². The van der Waals surface area contributed by atoms with Gasteiger partial charge in [0.1, 0.15) is 17.9 Å². The maximum Gasteiger partial charge on any atom is 0.323 e. The maximum absolute atomic E-state index is 12.1. The predicted molar refractivity (Wildman–Crippen MR) is 79.2 cm³/mol. The SMILES string of the molecule is CC(O)NC(CCc1ccccc1)C(=O)OC(C)(C)C. The van der Waals surface area contributed by atoms with Crippen molar-refractivity contribution < 1.29 is 14.6 Å². The molecule has 4 nitrogen and oxygen atoms in total. The van der Waals surface area contributed by atoms with Gasteiger partial charge in [-0.1, -0.05) is 30.3 Å². The largest absolute Gasteiger partial charge is 0.459 e. The van der Waals surface area contributed by atoms with Crippen LogP contribution in [0.5, 0.6) is 0 Å². The minimum absolute atomic E-state index is 0.325. The van der Waals surface area contributed by atoms with E-state index in [0.717, 1.165) is 12.0 Å². The smallest absolute Gasteiger partial charge is 0.323 e. The van der Waals surface area contributed by atoms with Gasteiger partial charge in [-0.05, 0) is 46.1 Å². The van der Waals surface area contributed by atoms with E-state index in [1.165, 1.54) is 0 Å². The molecule has 0 saturated carbocycles. The highest BCUT2D eigenvalue weighted by atomic mass is 16.6.